The highest BCUT2D eigenvalue weighted by atomic mass is 35.5. The summed E-state index contributed by atoms with van der Waals surface area (Å²) in [4.78, 5) is 37.2. The summed E-state index contributed by atoms with van der Waals surface area (Å²) >= 11 is 5.75. The third-order valence-corrected chi connectivity index (χ3v) is 4.46. The fraction of sp³-hybridized carbons (Fsp3) is 0.471. The molecule has 1 heterocycles. The third kappa shape index (κ3) is 4.70. The molecular formula is C17H21ClFN3O4. The van der Waals surface area contributed by atoms with Gasteiger partial charge in [0, 0.05) is 44.5 Å². The molecule has 0 aromatic heterocycles. The Hall–Kier alpha value is -2.19. The first-order valence-electron chi connectivity index (χ1n) is 8.22. The largest absolute Gasteiger partial charge is 0.372 e. The predicted octanol–water partition coefficient (Wildman–Crippen LogP) is 0.585. The molecule has 0 spiro atoms. The number of hydrogen-bond acceptors (Lipinski definition) is 4. The molecule has 9 heteroatoms. The van der Waals surface area contributed by atoms with Crippen molar-refractivity contribution in [2.24, 2.45) is 0 Å². The second kappa shape index (κ2) is 8.46. The normalized spacial score (nSPS) is 19.5. The van der Waals surface area contributed by atoms with E-state index >= 15 is 0 Å². The van der Waals surface area contributed by atoms with Crippen LogP contribution < -0.4 is 10.6 Å². The van der Waals surface area contributed by atoms with Crippen molar-refractivity contribution in [3.8, 4) is 0 Å². The molecule has 1 aliphatic heterocycles. The number of carbonyl (C=O) groups excluding carboxylic acids is 3. The van der Waals surface area contributed by atoms with Gasteiger partial charge in [-0.2, -0.15) is 0 Å². The highest BCUT2D eigenvalue weighted by molar-refractivity contribution is 6.30. The van der Waals surface area contributed by atoms with E-state index < -0.39 is 23.2 Å². The molecular weight excluding hydrogens is 365 g/mol. The summed E-state index contributed by atoms with van der Waals surface area (Å²) in [5, 5.41) is 15.6. The minimum absolute atomic E-state index is 0.0401. The molecule has 26 heavy (non-hydrogen) atoms. The fourth-order valence-electron chi connectivity index (χ4n) is 2.79. The minimum atomic E-state index is -2.15. The lowest BCUT2D eigenvalue weighted by Crippen LogP contribution is -2.52. The van der Waals surface area contributed by atoms with E-state index in [1.165, 1.54) is 24.1 Å². The van der Waals surface area contributed by atoms with Crippen molar-refractivity contribution >= 4 is 29.3 Å². The quantitative estimate of drug-likeness (QED) is 0.598. The van der Waals surface area contributed by atoms with Gasteiger partial charge in [-0.25, -0.2) is 4.39 Å². The van der Waals surface area contributed by atoms with Gasteiger partial charge in [-0.15, -0.1) is 0 Å². The molecule has 3 N–H and O–H groups in total. The molecule has 1 unspecified atom stereocenters. The summed E-state index contributed by atoms with van der Waals surface area (Å²) < 4.78 is 13.3. The van der Waals surface area contributed by atoms with Crippen molar-refractivity contribution in [1.29, 1.82) is 0 Å². The van der Waals surface area contributed by atoms with Crippen LogP contribution in [0.25, 0.3) is 0 Å². The number of hydrogen-bond donors (Lipinski definition) is 3. The molecule has 0 bridgehead atoms. The molecule has 0 radical (unpaired) electrons. The van der Waals surface area contributed by atoms with Crippen LogP contribution in [0.3, 0.4) is 0 Å². The monoisotopic (exact) mass is 385 g/mol. The van der Waals surface area contributed by atoms with Gasteiger partial charge in [-0.3, -0.25) is 14.4 Å². The average Bonchev–Trinajstić information content (AvgIpc) is 2.88. The van der Waals surface area contributed by atoms with Crippen LogP contribution in [0, 0.1) is 5.82 Å². The zero-order valence-electron chi connectivity index (χ0n) is 14.3. The van der Waals surface area contributed by atoms with Gasteiger partial charge in [-0.05, 0) is 30.2 Å². The van der Waals surface area contributed by atoms with Crippen molar-refractivity contribution in [1.82, 2.24) is 15.5 Å². The molecule has 2 rings (SSSR count). The topological polar surface area (TPSA) is 98.7 Å². The van der Waals surface area contributed by atoms with Gasteiger partial charge in [0.05, 0.1) is 0 Å². The van der Waals surface area contributed by atoms with Gasteiger partial charge in [0.2, 0.25) is 11.5 Å². The lowest BCUT2D eigenvalue weighted by Gasteiger charge is -2.21. The molecule has 0 aliphatic carbocycles. The maximum absolute atomic E-state index is 13.3. The van der Waals surface area contributed by atoms with Crippen LogP contribution in [-0.2, 0) is 20.9 Å². The number of rotatable bonds is 7. The number of likely N-dealkylation sites (tertiary alicyclic amines) is 1. The smallest absolute Gasteiger partial charge is 0.264 e. The number of amides is 3. The van der Waals surface area contributed by atoms with Crippen molar-refractivity contribution < 1.29 is 23.9 Å². The van der Waals surface area contributed by atoms with Crippen LogP contribution in [0.4, 0.5) is 4.39 Å². The Bertz CT molecular complexity index is 695. The SMILES string of the molecule is CNC(=O)CCCN1CCC(O)(C(=O)NCc2cc(F)cc(Cl)c2)C1=O. The number of halogens is 2. The average molecular weight is 386 g/mol. The second-order valence-corrected chi connectivity index (χ2v) is 6.58. The molecule has 7 nitrogen and oxygen atoms in total. The van der Waals surface area contributed by atoms with Gasteiger partial charge >= 0.3 is 0 Å². The maximum atomic E-state index is 13.3. The Labute approximate surface area is 155 Å². The summed E-state index contributed by atoms with van der Waals surface area (Å²) in [5.41, 5.74) is -1.73. The van der Waals surface area contributed by atoms with Gasteiger partial charge in [0.1, 0.15) is 5.82 Å². The molecule has 1 aromatic rings. The summed E-state index contributed by atoms with van der Waals surface area (Å²) in [6.45, 7) is 0.437. The Morgan fingerprint density at radius 1 is 1.38 bits per heavy atom. The molecule has 1 atom stereocenters. The van der Waals surface area contributed by atoms with E-state index in [1.54, 1.807) is 0 Å². The summed E-state index contributed by atoms with van der Waals surface area (Å²) in [7, 11) is 1.53. The first kappa shape index (κ1) is 20.1. The van der Waals surface area contributed by atoms with Crippen molar-refractivity contribution in [3.05, 3.63) is 34.6 Å². The van der Waals surface area contributed by atoms with Crippen LogP contribution >= 0.6 is 11.6 Å². The first-order chi connectivity index (χ1) is 12.3. The van der Waals surface area contributed by atoms with E-state index in [2.05, 4.69) is 10.6 Å². The Morgan fingerprint density at radius 3 is 2.77 bits per heavy atom. The zero-order valence-corrected chi connectivity index (χ0v) is 15.1. The Kier molecular flexibility index (Phi) is 6.55. The lowest BCUT2D eigenvalue weighted by atomic mass is 10.0. The van der Waals surface area contributed by atoms with Crippen molar-refractivity contribution in [3.63, 3.8) is 0 Å². The summed E-state index contributed by atoms with van der Waals surface area (Å²) in [6, 6.07) is 3.83. The summed E-state index contributed by atoms with van der Waals surface area (Å²) in [5.74, 6) is -2.21. The second-order valence-electron chi connectivity index (χ2n) is 6.14. The van der Waals surface area contributed by atoms with Gasteiger partial charge in [0.25, 0.3) is 11.8 Å². The minimum Gasteiger partial charge on any atom is -0.372 e. The van der Waals surface area contributed by atoms with E-state index in [1.807, 2.05) is 0 Å². The lowest BCUT2D eigenvalue weighted by molar-refractivity contribution is -0.154. The molecule has 1 saturated heterocycles. The third-order valence-electron chi connectivity index (χ3n) is 4.25. The number of nitrogens with zero attached hydrogens (tertiary/aromatic N) is 1. The first-order valence-corrected chi connectivity index (χ1v) is 8.59. The standard InChI is InChI=1S/C17H21ClFN3O4/c1-20-14(23)3-2-5-22-6-4-17(26,16(22)25)15(24)21-10-11-7-12(18)9-13(19)8-11/h7-9,26H,2-6,10H2,1H3,(H,20,23)(H,21,24). The van der Waals surface area contributed by atoms with Crippen molar-refractivity contribution in [2.75, 3.05) is 20.1 Å². The molecule has 1 aliphatic rings. The number of carbonyl (C=O) groups is 3. The van der Waals surface area contributed by atoms with Crippen LogP contribution in [0.2, 0.25) is 5.02 Å². The molecule has 3 amide bonds. The maximum Gasteiger partial charge on any atom is 0.264 e. The van der Waals surface area contributed by atoms with Crippen LogP contribution in [0.1, 0.15) is 24.8 Å². The van der Waals surface area contributed by atoms with Gasteiger partial charge in [-0.1, -0.05) is 11.6 Å². The van der Waals surface area contributed by atoms with Gasteiger partial charge in [0.15, 0.2) is 0 Å². The van der Waals surface area contributed by atoms with Gasteiger partial charge < -0.3 is 20.6 Å². The van der Waals surface area contributed by atoms with Crippen molar-refractivity contribution in [2.45, 2.75) is 31.4 Å². The predicted molar refractivity (Wildman–Crippen MR) is 92.7 cm³/mol. The molecule has 142 valence electrons. The highest BCUT2D eigenvalue weighted by Gasteiger charge is 2.50. The van der Waals surface area contributed by atoms with Crippen LogP contribution in [0.5, 0.6) is 0 Å². The fourth-order valence-corrected chi connectivity index (χ4v) is 3.03. The van der Waals surface area contributed by atoms with E-state index in [0.29, 0.717) is 12.0 Å². The van der Waals surface area contributed by atoms with Crippen LogP contribution in [-0.4, -0.2) is 53.5 Å². The van der Waals surface area contributed by atoms with E-state index in [9.17, 15) is 23.9 Å². The number of aliphatic hydroxyl groups is 1. The highest BCUT2D eigenvalue weighted by Crippen LogP contribution is 2.24. The Balaban J connectivity index is 1.91. The van der Waals surface area contributed by atoms with E-state index in [4.69, 9.17) is 11.6 Å². The Morgan fingerprint density at radius 2 is 2.12 bits per heavy atom. The summed E-state index contributed by atoms with van der Waals surface area (Å²) in [6.07, 6.45) is 0.650. The molecule has 1 fully saturated rings. The van der Waals surface area contributed by atoms with E-state index in [0.717, 1.165) is 6.07 Å². The number of benzene rings is 1. The van der Waals surface area contributed by atoms with Crippen LogP contribution in [0.15, 0.2) is 18.2 Å². The zero-order chi connectivity index (χ0) is 19.3. The number of nitrogens with one attached hydrogen (secondary N) is 2. The molecule has 1 aromatic carbocycles. The van der Waals surface area contributed by atoms with E-state index in [-0.39, 0.29) is 43.4 Å². The molecule has 0 saturated carbocycles.